The third kappa shape index (κ3) is 4.62. The van der Waals surface area contributed by atoms with E-state index in [-0.39, 0.29) is 12.4 Å². The third-order valence-electron chi connectivity index (χ3n) is 1.96. The van der Waals surface area contributed by atoms with E-state index in [9.17, 15) is 0 Å². The minimum atomic E-state index is 0. The van der Waals surface area contributed by atoms with Crippen molar-refractivity contribution < 1.29 is 4.74 Å². The highest BCUT2D eigenvalue weighted by Gasteiger charge is 2.11. The molecule has 1 N–H and O–H groups in total. The topological polar surface area (TPSA) is 21.3 Å². The molecular weight excluding hydrogens is 162 g/mol. The number of hydrogen-bond acceptors (Lipinski definition) is 2. The SMILES string of the molecule is CCOC[C@@H]1CCCNC1.Cl. The number of halogens is 1. The second kappa shape index (κ2) is 6.89. The molecule has 0 aliphatic carbocycles. The van der Waals surface area contributed by atoms with Crippen molar-refractivity contribution in [3.8, 4) is 0 Å². The van der Waals surface area contributed by atoms with Crippen molar-refractivity contribution in [3.63, 3.8) is 0 Å². The van der Waals surface area contributed by atoms with Crippen molar-refractivity contribution in [3.05, 3.63) is 0 Å². The first-order valence-electron chi connectivity index (χ1n) is 4.22. The number of hydrogen-bond donors (Lipinski definition) is 1. The molecule has 0 bridgehead atoms. The second-order valence-corrected chi connectivity index (χ2v) is 2.87. The van der Waals surface area contributed by atoms with Crippen LogP contribution in [0.2, 0.25) is 0 Å². The first-order chi connectivity index (χ1) is 4.93. The monoisotopic (exact) mass is 179 g/mol. The van der Waals surface area contributed by atoms with Gasteiger partial charge in [0.25, 0.3) is 0 Å². The highest BCUT2D eigenvalue weighted by atomic mass is 35.5. The number of nitrogens with one attached hydrogen (secondary N) is 1. The fourth-order valence-electron chi connectivity index (χ4n) is 1.35. The molecule has 0 amide bonds. The molecule has 1 aliphatic rings. The number of piperidine rings is 1. The van der Waals surface area contributed by atoms with Gasteiger partial charge in [-0.1, -0.05) is 0 Å². The lowest BCUT2D eigenvalue weighted by atomic mass is 10.0. The van der Waals surface area contributed by atoms with Crippen LogP contribution in [-0.4, -0.2) is 26.3 Å². The maximum atomic E-state index is 5.33. The van der Waals surface area contributed by atoms with E-state index < -0.39 is 0 Å². The standard InChI is InChI=1S/C8H17NO.ClH/c1-2-10-7-8-4-3-5-9-6-8;/h8-9H,2-7H2,1H3;1H/t8-;/m1./s1. The Kier molecular flexibility index (Phi) is 7.02. The van der Waals surface area contributed by atoms with Crippen molar-refractivity contribution in [1.82, 2.24) is 5.32 Å². The Morgan fingerprint density at radius 3 is 2.91 bits per heavy atom. The van der Waals surface area contributed by atoms with Gasteiger partial charge in [0.1, 0.15) is 0 Å². The van der Waals surface area contributed by atoms with Gasteiger partial charge in [0, 0.05) is 13.2 Å². The van der Waals surface area contributed by atoms with Gasteiger partial charge in [-0.2, -0.15) is 0 Å². The average Bonchev–Trinajstić information content (AvgIpc) is 2.03. The van der Waals surface area contributed by atoms with E-state index in [1.165, 1.54) is 19.4 Å². The normalized spacial score (nSPS) is 24.3. The molecule has 0 saturated carbocycles. The number of ether oxygens (including phenoxy) is 1. The van der Waals surface area contributed by atoms with Crippen molar-refractivity contribution in [2.24, 2.45) is 5.92 Å². The summed E-state index contributed by atoms with van der Waals surface area (Å²) in [6.45, 7) is 6.21. The van der Waals surface area contributed by atoms with E-state index in [1.807, 2.05) is 0 Å². The van der Waals surface area contributed by atoms with Gasteiger partial charge in [-0.3, -0.25) is 0 Å². The summed E-state index contributed by atoms with van der Waals surface area (Å²) in [5.41, 5.74) is 0. The second-order valence-electron chi connectivity index (χ2n) is 2.87. The van der Waals surface area contributed by atoms with Crippen LogP contribution in [0.25, 0.3) is 0 Å². The van der Waals surface area contributed by atoms with Crippen LogP contribution >= 0.6 is 12.4 Å². The Balaban J connectivity index is 0.000001000. The molecule has 1 heterocycles. The largest absolute Gasteiger partial charge is 0.381 e. The summed E-state index contributed by atoms with van der Waals surface area (Å²) in [7, 11) is 0. The van der Waals surface area contributed by atoms with Gasteiger partial charge < -0.3 is 10.1 Å². The Hall–Kier alpha value is 0.210. The molecule has 11 heavy (non-hydrogen) atoms. The van der Waals surface area contributed by atoms with Crippen LogP contribution in [0.1, 0.15) is 19.8 Å². The van der Waals surface area contributed by atoms with Crippen LogP contribution < -0.4 is 5.32 Å². The zero-order chi connectivity index (χ0) is 7.23. The minimum Gasteiger partial charge on any atom is -0.381 e. The highest BCUT2D eigenvalue weighted by molar-refractivity contribution is 5.85. The highest BCUT2D eigenvalue weighted by Crippen LogP contribution is 2.09. The Morgan fingerprint density at radius 1 is 1.55 bits per heavy atom. The van der Waals surface area contributed by atoms with Crippen LogP contribution in [0.5, 0.6) is 0 Å². The molecule has 1 aliphatic heterocycles. The zero-order valence-corrected chi connectivity index (χ0v) is 7.95. The molecule has 0 unspecified atom stereocenters. The van der Waals surface area contributed by atoms with Gasteiger partial charge in [-0.05, 0) is 32.2 Å². The van der Waals surface area contributed by atoms with E-state index >= 15 is 0 Å². The molecule has 1 saturated heterocycles. The summed E-state index contributed by atoms with van der Waals surface area (Å²) in [4.78, 5) is 0. The maximum absolute atomic E-state index is 5.33. The van der Waals surface area contributed by atoms with Gasteiger partial charge in [0.15, 0.2) is 0 Å². The molecule has 2 nitrogen and oxygen atoms in total. The van der Waals surface area contributed by atoms with Gasteiger partial charge in [0.05, 0.1) is 6.61 Å². The lowest BCUT2D eigenvalue weighted by Gasteiger charge is -2.21. The summed E-state index contributed by atoms with van der Waals surface area (Å²) < 4.78 is 5.33. The fourth-order valence-corrected chi connectivity index (χ4v) is 1.35. The van der Waals surface area contributed by atoms with Crippen LogP contribution in [0, 0.1) is 5.92 Å². The summed E-state index contributed by atoms with van der Waals surface area (Å²) in [6.07, 6.45) is 2.66. The molecular formula is C8H18ClNO. The summed E-state index contributed by atoms with van der Waals surface area (Å²) in [5.74, 6) is 0.772. The predicted octanol–water partition coefficient (Wildman–Crippen LogP) is 1.44. The first-order valence-corrected chi connectivity index (χ1v) is 4.22. The molecule has 0 spiro atoms. The van der Waals surface area contributed by atoms with Crippen molar-refractivity contribution in [2.75, 3.05) is 26.3 Å². The van der Waals surface area contributed by atoms with Crippen molar-refractivity contribution >= 4 is 12.4 Å². The van der Waals surface area contributed by atoms with Crippen molar-refractivity contribution in [2.45, 2.75) is 19.8 Å². The van der Waals surface area contributed by atoms with E-state index in [2.05, 4.69) is 12.2 Å². The van der Waals surface area contributed by atoms with Gasteiger partial charge >= 0.3 is 0 Å². The summed E-state index contributed by atoms with van der Waals surface area (Å²) in [5, 5.41) is 3.36. The summed E-state index contributed by atoms with van der Waals surface area (Å²) >= 11 is 0. The van der Waals surface area contributed by atoms with E-state index in [4.69, 9.17) is 4.74 Å². The van der Waals surface area contributed by atoms with Crippen LogP contribution in [0.15, 0.2) is 0 Å². The van der Waals surface area contributed by atoms with E-state index in [0.29, 0.717) is 0 Å². The Labute approximate surface area is 75.1 Å². The van der Waals surface area contributed by atoms with E-state index in [1.54, 1.807) is 0 Å². The molecule has 68 valence electrons. The minimum absolute atomic E-state index is 0. The number of rotatable bonds is 3. The molecule has 1 rings (SSSR count). The van der Waals surface area contributed by atoms with Gasteiger partial charge in [0.2, 0.25) is 0 Å². The zero-order valence-electron chi connectivity index (χ0n) is 7.14. The van der Waals surface area contributed by atoms with Crippen LogP contribution in [0.4, 0.5) is 0 Å². The fraction of sp³-hybridized carbons (Fsp3) is 1.00. The van der Waals surface area contributed by atoms with E-state index in [0.717, 1.165) is 25.7 Å². The average molecular weight is 180 g/mol. The lowest BCUT2D eigenvalue weighted by molar-refractivity contribution is 0.0998. The predicted molar refractivity (Wildman–Crippen MR) is 49.3 cm³/mol. The molecule has 0 aromatic carbocycles. The molecule has 0 radical (unpaired) electrons. The molecule has 0 aromatic heterocycles. The molecule has 1 atom stereocenters. The quantitative estimate of drug-likeness (QED) is 0.708. The first kappa shape index (κ1) is 11.2. The van der Waals surface area contributed by atoms with Crippen LogP contribution in [0.3, 0.4) is 0 Å². The third-order valence-corrected chi connectivity index (χ3v) is 1.96. The van der Waals surface area contributed by atoms with Gasteiger partial charge in [-0.15, -0.1) is 12.4 Å². The molecule has 0 aromatic rings. The smallest absolute Gasteiger partial charge is 0.0506 e. The van der Waals surface area contributed by atoms with Crippen molar-refractivity contribution in [1.29, 1.82) is 0 Å². The maximum Gasteiger partial charge on any atom is 0.0506 e. The Bertz CT molecular complexity index is 84.2. The van der Waals surface area contributed by atoms with Gasteiger partial charge in [-0.25, -0.2) is 0 Å². The summed E-state index contributed by atoms with van der Waals surface area (Å²) in [6, 6.07) is 0. The molecule has 1 fully saturated rings. The molecule has 3 heteroatoms. The lowest BCUT2D eigenvalue weighted by Crippen LogP contribution is -2.32. The van der Waals surface area contributed by atoms with Crippen LogP contribution in [-0.2, 0) is 4.74 Å². The Morgan fingerprint density at radius 2 is 2.36 bits per heavy atom.